The Bertz CT molecular complexity index is 367. The Hall–Kier alpha value is -1.02. The second-order valence-electron chi connectivity index (χ2n) is 5.48. The molecule has 1 heterocycles. The van der Waals surface area contributed by atoms with Gasteiger partial charge in [-0.3, -0.25) is 0 Å². The highest BCUT2D eigenvalue weighted by atomic mass is 15.1. The van der Waals surface area contributed by atoms with Crippen LogP contribution in [0.3, 0.4) is 0 Å². The summed E-state index contributed by atoms with van der Waals surface area (Å²) in [5.74, 6) is 0. The summed E-state index contributed by atoms with van der Waals surface area (Å²) in [5, 5.41) is 3.62. The number of para-hydroxylation sites is 1. The molecule has 0 aliphatic carbocycles. The maximum Gasteiger partial charge on any atom is 0.0414 e. The largest absolute Gasteiger partial charge is 0.371 e. The van der Waals surface area contributed by atoms with Crippen molar-refractivity contribution in [3.63, 3.8) is 0 Å². The van der Waals surface area contributed by atoms with Crippen molar-refractivity contribution in [1.29, 1.82) is 0 Å². The first-order chi connectivity index (χ1) is 9.36. The predicted octanol–water partition coefficient (Wildman–Crippen LogP) is 4.13. The van der Waals surface area contributed by atoms with Crippen LogP contribution in [0.15, 0.2) is 24.3 Å². The van der Waals surface area contributed by atoms with Crippen molar-refractivity contribution >= 4 is 5.69 Å². The molecule has 1 N–H and O–H groups in total. The number of anilines is 1. The zero-order valence-corrected chi connectivity index (χ0v) is 12.5. The molecule has 1 aromatic rings. The molecule has 106 valence electrons. The maximum absolute atomic E-state index is 3.62. The highest BCUT2D eigenvalue weighted by molar-refractivity contribution is 5.55. The Labute approximate surface area is 118 Å². The summed E-state index contributed by atoms with van der Waals surface area (Å²) >= 11 is 0. The number of benzene rings is 1. The minimum Gasteiger partial charge on any atom is -0.371 e. The first-order valence-electron chi connectivity index (χ1n) is 7.94. The fraction of sp³-hybridized carbons (Fsp3) is 0.647. The average molecular weight is 260 g/mol. The van der Waals surface area contributed by atoms with Gasteiger partial charge in [0.2, 0.25) is 0 Å². The Kier molecular flexibility index (Phi) is 5.71. The molecule has 1 fully saturated rings. The van der Waals surface area contributed by atoms with E-state index in [1.165, 1.54) is 50.0 Å². The summed E-state index contributed by atoms with van der Waals surface area (Å²) in [7, 11) is 0. The third kappa shape index (κ3) is 3.73. The van der Waals surface area contributed by atoms with Gasteiger partial charge in [-0.05, 0) is 37.4 Å². The number of rotatable bonds is 5. The standard InChI is InChI=1S/C17H28N2/c1-3-16(18-4-2)15-11-7-8-12-17(15)19-13-9-5-6-10-14-19/h7-8,11-12,16,18H,3-6,9-10,13-14H2,1-2H3. The van der Waals surface area contributed by atoms with E-state index < -0.39 is 0 Å². The van der Waals surface area contributed by atoms with Crippen LogP contribution < -0.4 is 10.2 Å². The number of hydrogen-bond donors (Lipinski definition) is 1. The van der Waals surface area contributed by atoms with Gasteiger partial charge in [0.1, 0.15) is 0 Å². The minimum atomic E-state index is 0.490. The van der Waals surface area contributed by atoms with Gasteiger partial charge in [0.25, 0.3) is 0 Å². The molecule has 0 radical (unpaired) electrons. The molecule has 1 saturated heterocycles. The van der Waals surface area contributed by atoms with Gasteiger partial charge < -0.3 is 10.2 Å². The fourth-order valence-electron chi connectivity index (χ4n) is 3.10. The van der Waals surface area contributed by atoms with Crippen molar-refractivity contribution < 1.29 is 0 Å². The van der Waals surface area contributed by atoms with Crippen LogP contribution in [0.5, 0.6) is 0 Å². The van der Waals surface area contributed by atoms with Gasteiger partial charge >= 0.3 is 0 Å². The molecule has 1 aliphatic heterocycles. The van der Waals surface area contributed by atoms with E-state index in [0.717, 1.165) is 13.0 Å². The second-order valence-corrected chi connectivity index (χ2v) is 5.48. The van der Waals surface area contributed by atoms with E-state index in [4.69, 9.17) is 0 Å². The number of hydrogen-bond acceptors (Lipinski definition) is 2. The molecule has 2 heteroatoms. The van der Waals surface area contributed by atoms with Gasteiger partial charge in [-0.2, -0.15) is 0 Å². The lowest BCUT2D eigenvalue weighted by atomic mass is 10.0. The first kappa shape index (κ1) is 14.4. The van der Waals surface area contributed by atoms with Crippen LogP contribution >= 0.6 is 0 Å². The minimum absolute atomic E-state index is 0.490. The summed E-state index contributed by atoms with van der Waals surface area (Å²) < 4.78 is 0. The van der Waals surface area contributed by atoms with Gasteiger partial charge in [-0.15, -0.1) is 0 Å². The molecule has 0 bridgehead atoms. The zero-order valence-electron chi connectivity index (χ0n) is 12.5. The second kappa shape index (κ2) is 7.54. The molecule has 0 aromatic heterocycles. The lowest BCUT2D eigenvalue weighted by molar-refractivity contribution is 0.536. The van der Waals surface area contributed by atoms with Gasteiger partial charge in [0, 0.05) is 24.8 Å². The van der Waals surface area contributed by atoms with Gasteiger partial charge in [-0.25, -0.2) is 0 Å². The zero-order chi connectivity index (χ0) is 13.5. The summed E-state index contributed by atoms with van der Waals surface area (Å²) in [5.41, 5.74) is 2.94. The quantitative estimate of drug-likeness (QED) is 0.856. The van der Waals surface area contributed by atoms with Gasteiger partial charge in [-0.1, -0.05) is 44.9 Å². The van der Waals surface area contributed by atoms with E-state index in [9.17, 15) is 0 Å². The van der Waals surface area contributed by atoms with Gasteiger partial charge in [0.05, 0.1) is 0 Å². The van der Waals surface area contributed by atoms with Crippen LogP contribution in [-0.4, -0.2) is 19.6 Å². The van der Waals surface area contributed by atoms with E-state index >= 15 is 0 Å². The maximum atomic E-state index is 3.62. The third-order valence-electron chi connectivity index (χ3n) is 4.12. The molecular formula is C17H28N2. The fourth-order valence-corrected chi connectivity index (χ4v) is 3.10. The normalized spacial score (nSPS) is 18.1. The Balaban J connectivity index is 2.23. The van der Waals surface area contributed by atoms with Crippen molar-refractivity contribution in [2.75, 3.05) is 24.5 Å². The van der Waals surface area contributed by atoms with Crippen LogP contribution in [0.2, 0.25) is 0 Å². The molecule has 0 spiro atoms. The van der Waals surface area contributed by atoms with Crippen LogP contribution in [0.25, 0.3) is 0 Å². The monoisotopic (exact) mass is 260 g/mol. The van der Waals surface area contributed by atoms with Crippen molar-refractivity contribution in [2.24, 2.45) is 0 Å². The van der Waals surface area contributed by atoms with Crippen LogP contribution in [0.1, 0.15) is 57.6 Å². The molecule has 1 aromatic carbocycles. The molecule has 2 nitrogen and oxygen atoms in total. The van der Waals surface area contributed by atoms with E-state index in [-0.39, 0.29) is 0 Å². The molecular weight excluding hydrogens is 232 g/mol. The highest BCUT2D eigenvalue weighted by Gasteiger charge is 2.17. The predicted molar refractivity (Wildman–Crippen MR) is 83.8 cm³/mol. The molecule has 2 rings (SSSR count). The summed E-state index contributed by atoms with van der Waals surface area (Å²) in [4.78, 5) is 2.60. The van der Waals surface area contributed by atoms with Crippen LogP contribution in [0.4, 0.5) is 5.69 Å². The molecule has 19 heavy (non-hydrogen) atoms. The molecule has 1 atom stereocenters. The van der Waals surface area contributed by atoms with Gasteiger partial charge in [0.15, 0.2) is 0 Å². The van der Waals surface area contributed by atoms with Crippen molar-refractivity contribution in [1.82, 2.24) is 5.32 Å². The SMILES string of the molecule is CCNC(CC)c1ccccc1N1CCCCCC1. The van der Waals surface area contributed by atoms with Crippen LogP contribution in [-0.2, 0) is 0 Å². The van der Waals surface area contributed by atoms with E-state index in [0.29, 0.717) is 6.04 Å². The topological polar surface area (TPSA) is 15.3 Å². The Morgan fingerprint density at radius 1 is 1.05 bits per heavy atom. The number of nitrogens with one attached hydrogen (secondary N) is 1. The lowest BCUT2D eigenvalue weighted by Crippen LogP contribution is -2.28. The van der Waals surface area contributed by atoms with E-state index in [1.54, 1.807) is 0 Å². The molecule has 0 saturated carbocycles. The Morgan fingerprint density at radius 2 is 1.74 bits per heavy atom. The van der Waals surface area contributed by atoms with Crippen LogP contribution in [0, 0.1) is 0 Å². The molecule has 1 aliphatic rings. The summed E-state index contributed by atoms with van der Waals surface area (Å²) in [6.45, 7) is 7.94. The average Bonchev–Trinajstić information content (AvgIpc) is 2.74. The van der Waals surface area contributed by atoms with Crippen molar-refractivity contribution in [3.8, 4) is 0 Å². The summed E-state index contributed by atoms with van der Waals surface area (Å²) in [6.07, 6.45) is 6.61. The van der Waals surface area contributed by atoms with Crippen molar-refractivity contribution in [3.05, 3.63) is 29.8 Å². The molecule has 1 unspecified atom stereocenters. The van der Waals surface area contributed by atoms with E-state index in [2.05, 4.69) is 48.3 Å². The third-order valence-corrected chi connectivity index (χ3v) is 4.12. The molecule has 0 amide bonds. The smallest absolute Gasteiger partial charge is 0.0414 e. The highest BCUT2D eigenvalue weighted by Crippen LogP contribution is 2.29. The number of nitrogens with zero attached hydrogens (tertiary/aromatic N) is 1. The van der Waals surface area contributed by atoms with Crippen molar-refractivity contribution in [2.45, 2.75) is 52.0 Å². The first-order valence-corrected chi connectivity index (χ1v) is 7.94. The Morgan fingerprint density at radius 3 is 2.37 bits per heavy atom. The summed E-state index contributed by atoms with van der Waals surface area (Å²) in [6, 6.07) is 9.46. The van der Waals surface area contributed by atoms with E-state index in [1.807, 2.05) is 0 Å². The lowest BCUT2D eigenvalue weighted by Gasteiger charge is -2.28.